The third kappa shape index (κ3) is 10.4. The van der Waals surface area contributed by atoms with Gasteiger partial charge < -0.3 is 25.2 Å². The number of aliphatic hydroxyl groups is 3. The molecule has 1 atom stereocenters. The molecule has 0 aromatic heterocycles. The summed E-state index contributed by atoms with van der Waals surface area (Å²) in [6.07, 6.45) is 9.77. The molecule has 0 aliphatic heterocycles. The first kappa shape index (κ1) is 27.8. The van der Waals surface area contributed by atoms with E-state index in [9.17, 15) is 24.9 Å². The number of hydrogen-bond acceptors (Lipinski definition) is 6. The summed E-state index contributed by atoms with van der Waals surface area (Å²) in [7, 11) is 0. The second kappa shape index (κ2) is 15.6. The van der Waals surface area contributed by atoms with E-state index in [1.165, 1.54) is 0 Å². The van der Waals surface area contributed by atoms with E-state index in [-0.39, 0.29) is 19.0 Å². The van der Waals surface area contributed by atoms with Crippen molar-refractivity contribution >= 4 is 11.9 Å². The summed E-state index contributed by atoms with van der Waals surface area (Å²) < 4.78 is 5.49. The minimum absolute atomic E-state index is 0.202. The molecule has 0 aliphatic carbocycles. The molecular formula is C22H42O7. The van der Waals surface area contributed by atoms with Crippen molar-refractivity contribution in [1.29, 1.82) is 0 Å². The summed E-state index contributed by atoms with van der Waals surface area (Å²) in [4.78, 5) is 23.5. The third-order valence-electron chi connectivity index (χ3n) is 5.93. The molecule has 1 unspecified atom stereocenters. The number of carbonyl (C=O) groups is 2. The summed E-state index contributed by atoms with van der Waals surface area (Å²) in [5, 5.41) is 37.0. The highest BCUT2D eigenvalue weighted by Gasteiger charge is 2.39. The van der Waals surface area contributed by atoms with E-state index in [2.05, 4.69) is 6.92 Å². The highest BCUT2D eigenvalue weighted by molar-refractivity contribution is 5.76. The first-order valence-electron chi connectivity index (χ1n) is 11.1. The topological polar surface area (TPSA) is 124 Å². The van der Waals surface area contributed by atoms with Gasteiger partial charge in [0.2, 0.25) is 0 Å². The summed E-state index contributed by atoms with van der Waals surface area (Å²) in [6, 6.07) is 0. The van der Waals surface area contributed by atoms with E-state index in [0.29, 0.717) is 12.8 Å². The molecule has 172 valence electrons. The summed E-state index contributed by atoms with van der Waals surface area (Å²) >= 11 is 0. The first-order chi connectivity index (χ1) is 13.8. The average molecular weight is 419 g/mol. The van der Waals surface area contributed by atoms with Crippen molar-refractivity contribution in [2.45, 2.75) is 90.9 Å². The summed E-state index contributed by atoms with van der Waals surface area (Å²) in [6.45, 7) is 2.50. The van der Waals surface area contributed by atoms with Gasteiger partial charge in [0, 0.05) is 6.42 Å². The van der Waals surface area contributed by atoms with Gasteiger partial charge in [-0.2, -0.15) is 0 Å². The van der Waals surface area contributed by atoms with Crippen LogP contribution in [0.3, 0.4) is 0 Å². The average Bonchev–Trinajstić information content (AvgIpc) is 2.73. The second-order valence-corrected chi connectivity index (χ2v) is 8.30. The minimum Gasteiger partial charge on any atom is -0.481 e. The van der Waals surface area contributed by atoms with E-state index in [4.69, 9.17) is 9.84 Å². The Kier molecular flexibility index (Phi) is 15.0. The molecule has 0 saturated heterocycles. The smallest absolute Gasteiger partial charge is 0.312 e. The maximum Gasteiger partial charge on any atom is 0.312 e. The van der Waals surface area contributed by atoms with Crippen molar-refractivity contribution in [3.05, 3.63) is 0 Å². The fourth-order valence-corrected chi connectivity index (χ4v) is 3.45. The van der Waals surface area contributed by atoms with Crippen molar-refractivity contribution in [2.24, 2.45) is 10.8 Å². The molecule has 4 N–H and O–H groups in total. The van der Waals surface area contributed by atoms with Crippen LogP contribution in [0.5, 0.6) is 0 Å². The molecule has 0 amide bonds. The lowest BCUT2D eigenvalue weighted by Crippen LogP contribution is -2.42. The lowest BCUT2D eigenvalue weighted by atomic mass is 9.75. The fourth-order valence-electron chi connectivity index (χ4n) is 3.45. The van der Waals surface area contributed by atoms with Crippen LogP contribution in [0.1, 0.15) is 90.9 Å². The minimum atomic E-state index is -1.21. The Morgan fingerprint density at radius 2 is 1.31 bits per heavy atom. The number of aliphatic carboxylic acids is 1. The number of carbonyl (C=O) groups excluding carboxylic acids is 1. The van der Waals surface area contributed by atoms with Gasteiger partial charge in [-0.15, -0.1) is 0 Å². The Labute approximate surface area is 175 Å². The van der Waals surface area contributed by atoms with Crippen LogP contribution < -0.4 is 0 Å². The molecule has 0 aromatic carbocycles. The van der Waals surface area contributed by atoms with Crippen LogP contribution in [0, 0.1) is 10.8 Å². The molecule has 0 aromatic rings. The lowest BCUT2D eigenvalue weighted by Gasteiger charge is -2.33. The van der Waals surface area contributed by atoms with E-state index in [0.717, 1.165) is 57.8 Å². The number of unbranched alkanes of at least 4 members (excludes halogenated alkanes) is 6. The van der Waals surface area contributed by atoms with Gasteiger partial charge in [0.25, 0.3) is 0 Å². The Morgan fingerprint density at radius 3 is 1.79 bits per heavy atom. The Bertz CT molecular complexity index is 440. The van der Waals surface area contributed by atoms with Crippen molar-refractivity contribution < 1.29 is 34.8 Å². The van der Waals surface area contributed by atoms with E-state index < -0.39 is 36.6 Å². The molecule has 0 radical (unpaired) electrons. The molecule has 0 spiro atoms. The number of ether oxygens (including phenoxy) is 1. The van der Waals surface area contributed by atoms with Gasteiger partial charge in [-0.05, 0) is 25.7 Å². The van der Waals surface area contributed by atoms with Crippen LogP contribution in [0.2, 0.25) is 0 Å². The van der Waals surface area contributed by atoms with E-state index >= 15 is 0 Å². The normalized spacial score (nSPS) is 13.8. The molecule has 0 rings (SSSR count). The number of esters is 1. The number of aliphatic hydroxyl groups excluding tert-OH is 3. The van der Waals surface area contributed by atoms with Crippen molar-refractivity contribution in [3.63, 3.8) is 0 Å². The summed E-state index contributed by atoms with van der Waals surface area (Å²) in [5.74, 6) is -1.06. The number of hydrogen-bond donors (Lipinski definition) is 4. The number of carboxylic acid groups (broad SMARTS) is 1. The van der Waals surface area contributed by atoms with Gasteiger partial charge in [0.05, 0.1) is 30.7 Å². The highest BCUT2D eigenvalue weighted by atomic mass is 16.5. The maximum absolute atomic E-state index is 12.9. The second-order valence-electron chi connectivity index (χ2n) is 8.30. The molecule has 0 aliphatic rings. The fraction of sp³-hybridized carbons (Fsp3) is 0.909. The summed E-state index contributed by atoms with van der Waals surface area (Å²) in [5.41, 5.74) is -1.79. The SMILES string of the molecule is CCCCC(CC)(CCCCCCCCC(=O)O)C(=O)OCC(CO)(CO)CO. The largest absolute Gasteiger partial charge is 0.481 e. The van der Waals surface area contributed by atoms with Gasteiger partial charge in [0.1, 0.15) is 6.61 Å². The molecule has 29 heavy (non-hydrogen) atoms. The Hall–Kier alpha value is -1.18. The van der Waals surface area contributed by atoms with E-state index in [1.807, 2.05) is 6.92 Å². The number of carboxylic acids is 1. The van der Waals surface area contributed by atoms with Gasteiger partial charge >= 0.3 is 11.9 Å². The Balaban J connectivity index is 4.66. The van der Waals surface area contributed by atoms with Crippen molar-refractivity contribution in [2.75, 3.05) is 26.4 Å². The first-order valence-corrected chi connectivity index (χ1v) is 11.1. The van der Waals surface area contributed by atoms with Gasteiger partial charge in [0.15, 0.2) is 0 Å². The molecule has 0 heterocycles. The third-order valence-corrected chi connectivity index (χ3v) is 5.93. The lowest BCUT2D eigenvalue weighted by molar-refractivity contribution is -0.165. The molecular weight excluding hydrogens is 376 g/mol. The van der Waals surface area contributed by atoms with Crippen LogP contribution >= 0.6 is 0 Å². The molecule has 0 fully saturated rings. The predicted octanol–water partition coefficient (Wildman–Crippen LogP) is 3.28. The van der Waals surface area contributed by atoms with Crippen LogP contribution in [-0.4, -0.2) is 58.8 Å². The monoisotopic (exact) mass is 418 g/mol. The maximum atomic E-state index is 12.9. The van der Waals surface area contributed by atoms with E-state index in [1.54, 1.807) is 0 Å². The van der Waals surface area contributed by atoms with Gasteiger partial charge in [-0.25, -0.2) is 0 Å². The zero-order valence-electron chi connectivity index (χ0n) is 18.3. The standard InChI is InChI=1S/C22H42O7/c1-3-5-13-22(4-2,14-11-9-7-6-8-10-12-19(26)27)20(28)29-18-21(15-23,16-24)17-25/h23-25H,3-18H2,1-2H3,(H,26,27). The molecule has 7 heteroatoms. The Morgan fingerprint density at radius 1 is 0.793 bits per heavy atom. The van der Waals surface area contributed by atoms with Gasteiger partial charge in [-0.3, -0.25) is 9.59 Å². The molecule has 0 bridgehead atoms. The molecule has 0 saturated carbocycles. The van der Waals surface area contributed by atoms with Crippen LogP contribution in [0.25, 0.3) is 0 Å². The zero-order valence-corrected chi connectivity index (χ0v) is 18.3. The highest BCUT2D eigenvalue weighted by Crippen LogP contribution is 2.37. The molecule has 7 nitrogen and oxygen atoms in total. The van der Waals surface area contributed by atoms with Crippen molar-refractivity contribution in [3.8, 4) is 0 Å². The van der Waals surface area contributed by atoms with Crippen LogP contribution in [0.15, 0.2) is 0 Å². The van der Waals surface area contributed by atoms with Crippen LogP contribution in [-0.2, 0) is 14.3 Å². The van der Waals surface area contributed by atoms with Gasteiger partial charge in [-0.1, -0.05) is 58.8 Å². The predicted molar refractivity (Wildman–Crippen MR) is 111 cm³/mol. The van der Waals surface area contributed by atoms with Crippen LogP contribution in [0.4, 0.5) is 0 Å². The number of rotatable bonds is 19. The van der Waals surface area contributed by atoms with Crippen molar-refractivity contribution in [1.82, 2.24) is 0 Å². The zero-order chi connectivity index (χ0) is 22.2. The quantitative estimate of drug-likeness (QED) is 0.187.